The van der Waals surface area contributed by atoms with Crippen LogP contribution in [0.5, 0.6) is 0 Å². The number of rotatable bonds is 9. The third-order valence-electron chi connectivity index (χ3n) is 3.20. The average Bonchev–Trinajstić information content (AvgIpc) is 3.29. The third kappa shape index (κ3) is 7.95. The largest absolute Gasteiger partial charge is 0.379 e. The van der Waals surface area contributed by atoms with Crippen LogP contribution >= 0.6 is 24.0 Å². The second kappa shape index (κ2) is 10.8. The minimum atomic E-state index is 0. The number of hydrogen-bond acceptors (Lipinski definition) is 3. The average molecular weight is 419 g/mol. The van der Waals surface area contributed by atoms with E-state index < -0.39 is 0 Å². The van der Waals surface area contributed by atoms with Crippen LogP contribution < -0.4 is 11.1 Å². The molecule has 0 aliphatic heterocycles. The van der Waals surface area contributed by atoms with Gasteiger partial charge in [-0.15, -0.1) is 24.0 Å². The molecule has 1 aromatic carbocycles. The zero-order valence-electron chi connectivity index (χ0n) is 13.1. The maximum atomic E-state index is 5.83. The van der Waals surface area contributed by atoms with Crippen LogP contribution in [0.25, 0.3) is 0 Å². The summed E-state index contributed by atoms with van der Waals surface area (Å²) in [5.74, 6) is 0.538. The molecule has 5 nitrogen and oxygen atoms in total. The molecule has 0 saturated heterocycles. The van der Waals surface area contributed by atoms with Crippen molar-refractivity contribution in [1.29, 1.82) is 0 Å². The molecule has 0 aromatic heterocycles. The molecule has 0 atom stereocenters. The van der Waals surface area contributed by atoms with Gasteiger partial charge in [0.15, 0.2) is 5.96 Å². The van der Waals surface area contributed by atoms with Crippen molar-refractivity contribution in [2.75, 3.05) is 19.8 Å². The van der Waals surface area contributed by atoms with Crippen LogP contribution in [-0.2, 0) is 22.6 Å². The maximum absolute atomic E-state index is 5.83. The molecule has 6 heteroatoms. The number of guanidine groups is 1. The van der Waals surface area contributed by atoms with E-state index in [1.54, 1.807) is 0 Å². The van der Waals surface area contributed by atoms with Crippen molar-refractivity contribution >= 4 is 29.9 Å². The minimum Gasteiger partial charge on any atom is -0.379 e. The van der Waals surface area contributed by atoms with Crippen molar-refractivity contribution < 1.29 is 9.47 Å². The number of aliphatic imine (C=N–C) groups is 1. The topological polar surface area (TPSA) is 68.9 Å². The van der Waals surface area contributed by atoms with Crippen LogP contribution in [0, 0.1) is 0 Å². The predicted octanol–water partition coefficient (Wildman–Crippen LogP) is 2.42. The summed E-state index contributed by atoms with van der Waals surface area (Å²) in [6.07, 6.45) is 2.40. The van der Waals surface area contributed by atoms with E-state index in [2.05, 4.69) is 28.5 Å². The Kier molecular flexibility index (Phi) is 9.42. The van der Waals surface area contributed by atoms with Gasteiger partial charge in [-0.25, -0.2) is 4.99 Å². The lowest BCUT2D eigenvalue weighted by Gasteiger charge is -2.07. The molecule has 1 saturated carbocycles. The fraction of sp³-hybridized carbons (Fsp3) is 0.562. The molecule has 1 aliphatic rings. The summed E-state index contributed by atoms with van der Waals surface area (Å²) >= 11 is 0. The smallest absolute Gasteiger partial charge is 0.189 e. The van der Waals surface area contributed by atoms with Gasteiger partial charge in [-0.2, -0.15) is 0 Å². The first-order valence-corrected chi connectivity index (χ1v) is 7.57. The van der Waals surface area contributed by atoms with Crippen LogP contribution in [0.2, 0.25) is 0 Å². The second-order valence-electron chi connectivity index (χ2n) is 5.19. The van der Waals surface area contributed by atoms with E-state index in [0.717, 1.165) is 17.7 Å². The second-order valence-corrected chi connectivity index (χ2v) is 5.19. The third-order valence-corrected chi connectivity index (χ3v) is 3.20. The number of hydrogen-bond donors (Lipinski definition) is 2. The lowest BCUT2D eigenvalue weighted by Crippen LogP contribution is -2.33. The lowest BCUT2D eigenvalue weighted by atomic mass is 10.1. The highest BCUT2D eigenvalue weighted by Crippen LogP contribution is 2.18. The highest BCUT2D eigenvalue weighted by molar-refractivity contribution is 14.0. The zero-order valence-corrected chi connectivity index (χ0v) is 15.4. The Morgan fingerprint density at radius 2 is 2.00 bits per heavy atom. The highest BCUT2D eigenvalue weighted by atomic mass is 127. The standard InChI is InChI=1S/C16H25N3O2.HI/c1-2-20-8-9-21-12-14-5-3-4-13(10-14)11-18-16(17)19-15-6-7-15;/h3-5,10,15H,2,6-9,11-12H2,1H3,(H3,17,18,19);1H. The Hall–Kier alpha value is -0.860. The molecule has 0 radical (unpaired) electrons. The first-order valence-electron chi connectivity index (χ1n) is 7.57. The fourth-order valence-corrected chi connectivity index (χ4v) is 1.93. The quantitative estimate of drug-likeness (QED) is 0.279. The molecule has 2 rings (SSSR count). The van der Waals surface area contributed by atoms with E-state index in [0.29, 0.717) is 38.4 Å². The van der Waals surface area contributed by atoms with Gasteiger partial charge in [-0.05, 0) is 30.9 Å². The summed E-state index contributed by atoms with van der Waals surface area (Å²) in [5, 5.41) is 3.18. The monoisotopic (exact) mass is 419 g/mol. The van der Waals surface area contributed by atoms with E-state index in [9.17, 15) is 0 Å². The normalized spacial score (nSPS) is 14.5. The van der Waals surface area contributed by atoms with Gasteiger partial charge in [0.2, 0.25) is 0 Å². The van der Waals surface area contributed by atoms with Gasteiger partial charge in [-0.3, -0.25) is 0 Å². The molecule has 0 unspecified atom stereocenters. The van der Waals surface area contributed by atoms with Crippen molar-refractivity contribution in [3.63, 3.8) is 0 Å². The van der Waals surface area contributed by atoms with Crippen molar-refractivity contribution in [3.8, 4) is 0 Å². The van der Waals surface area contributed by atoms with E-state index in [-0.39, 0.29) is 24.0 Å². The van der Waals surface area contributed by atoms with Crippen LogP contribution in [0.3, 0.4) is 0 Å². The van der Waals surface area contributed by atoms with Gasteiger partial charge in [0.25, 0.3) is 0 Å². The first-order chi connectivity index (χ1) is 10.3. The first kappa shape index (κ1) is 19.2. The molecule has 0 heterocycles. The van der Waals surface area contributed by atoms with Crippen molar-refractivity contribution in [1.82, 2.24) is 5.32 Å². The fourth-order valence-electron chi connectivity index (χ4n) is 1.93. The number of nitrogens with one attached hydrogen (secondary N) is 1. The lowest BCUT2D eigenvalue weighted by molar-refractivity contribution is 0.0453. The number of ether oxygens (including phenoxy) is 2. The summed E-state index contributed by atoms with van der Waals surface area (Å²) in [5.41, 5.74) is 8.11. The van der Waals surface area contributed by atoms with Crippen LogP contribution in [0.4, 0.5) is 0 Å². The summed E-state index contributed by atoms with van der Waals surface area (Å²) in [4.78, 5) is 4.36. The predicted molar refractivity (Wildman–Crippen MR) is 99.5 cm³/mol. The highest BCUT2D eigenvalue weighted by Gasteiger charge is 2.21. The molecule has 124 valence electrons. The molecule has 0 spiro atoms. The molecule has 0 amide bonds. The van der Waals surface area contributed by atoms with Crippen LogP contribution in [0.15, 0.2) is 29.3 Å². The Bertz CT molecular complexity index is 464. The maximum Gasteiger partial charge on any atom is 0.189 e. The number of nitrogens with two attached hydrogens (primary N) is 1. The number of halogens is 1. The Morgan fingerprint density at radius 3 is 2.73 bits per heavy atom. The van der Waals surface area contributed by atoms with E-state index in [1.165, 1.54) is 12.8 Å². The summed E-state index contributed by atoms with van der Waals surface area (Å²) in [6, 6.07) is 8.78. The SMILES string of the molecule is CCOCCOCc1cccc(CN=C(N)NC2CC2)c1.I. The van der Waals surface area contributed by atoms with Gasteiger partial charge >= 0.3 is 0 Å². The molecule has 22 heavy (non-hydrogen) atoms. The van der Waals surface area contributed by atoms with Crippen LogP contribution in [-0.4, -0.2) is 31.8 Å². The molecule has 1 aromatic rings. The van der Waals surface area contributed by atoms with E-state index in [4.69, 9.17) is 15.2 Å². The van der Waals surface area contributed by atoms with Gasteiger partial charge in [0.05, 0.1) is 26.4 Å². The summed E-state index contributed by atoms with van der Waals surface area (Å²) < 4.78 is 10.8. The van der Waals surface area contributed by atoms with E-state index in [1.807, 2.05) is 13.0 Å². The van der Waals surface area contributed by atoms with Crippen molar-refractivity contribution in [2.45, 2.75) is 39.0 Å². The molecule has 3 N–H and O–H groups in total. The summed E-state index contributed by atoms with van der Waals surface area (Å²) in [7, 11) is 0. The number of nitrogens with zero attached hydrogens (tertiary/aromatic N) is 1. The van der Waals surface area contributed by atoms with Crippen molar-refractivity contribution in [3.05, 3.63) is 35.4 Å². The Morgan fingerprint density at radius 1 is 1.27 bits per heavy atom. The number of benzene rings is 1. The molecule has 1 fully saturated rings. The zero-order chi connectivity index (χ0) is 14.9. The van der Waals surface area contributed by atoms with Gasteiger partial charge < -0.3 is 20.5 Å². The Labute approximate surface area is 149 Å². The minimum absolute atomic E-state index is 0. The van der Waals surface area contributed by atoms with Crippen LogP contribution in [0.1, 0.15) is 30.9 Å². The molecular weight excluding hydrogens is 393 g/mol. The molecule has 0 bridgehead atoms. The molecular formula is C16H26IN3O2. The Balaban J connectivity index is 0.00000242. The van der Waals surface area contributed by atoms with Gasteiger partial charge in [0.1, 0.15) is 0 Å². The van der Waals surface area contributed by atoms with Gasteiger partial charge in [-0.1, -0.05) is 24.3 Å². The van der Waals surface area contributed by atoms with Crippen molar-refractivity contribution in [2.24, 2.45) is 10.7 Å². The summed E-state index contributed by atoms with van der Waals surface area (Å²) in [6.45, 7) is 5.16. The van der Waals surface area contributed by atoms with E-state index >= 15 is 0 Å². The molecule has 1 aliphatic carbocycles. The van der Waals surface area contributed by atoms with Gasteiger partial charge in [0, 0.05) is 12.6 Å².